The smallest absolute Gasteiger partial charge is 0.317 e. The van der Waals surface area contributed by atoms with Crippen molar-refractivity contribution >= 4 is 6.03 Å². The standard InChI is InChI=1S/C17H25N5O3/c1-20(2)15(16-4-3-10-24-16)12-18-17(23)22-8-6-21(7-9-22)13-14-5-11-25-19-14/h3-5,10-11,15H,6-9,12-13H2,1-2H3,(H,18,23)/t15-/m1/s1. The van der Waals surface area contributed by atoms with Crippen molar-refractivity contribution in [2.45, 2.75) is 12.6 Å². The van der Waals surface area contributed by atoms with Crippen LogP contribution in [0.25, 0.3) is 0 Å². The van der Waals surface area contributed by atoms with Gasteiger partial charge in [-0.3, -0.25) is 9.80 Å². The van der Waals surface area contributed by atoms with E-state index in [1.807, 2.05) is 42.1 Å². The molecule has 136 valence electrons. The molecule has 3 rings (SSSR count). The Morgan fingerprint density at radius 1 is 1.28 bits per heavy atom. The molecule has 2 aromatic heterocycles. The number of urea groups is 1. The number of hydrogen-bond acceptors (Lipinski definition) is 6. The largest absolute Gasteiger partial charge is 0.468 e. The minimum Gasteiger partial charge on any atom is -0.468 e. The van der Waals surface area contributed by atoms with Gasteiger partial charge in [0.15, 0.2) is 0 Å². The first-order chi connectivity index (χ1) is 12.1. The van der Waals surface area contributed by atoms with Gasteiger partial charge in [0.05, 0.1) is 18.0 Å². The molecular weight excluding hydrogens is 322 g/mol. The first kappa shape index (κ1) is 17.5. The summed E-state index contributed by atoms with van der Waals surface area (Å²) in [6.07, 6.45) is 3.24. The van der Waals surface area contributed by atoms with Crippen molar-refractivity contribution in [3.8, 4) is 0 Å². The summed E-state index contributed by atoms with van der Waals surface area (Å²) in [6.45, 7) is 4.34. The van der Waals surface area contributed by atoms with E-state index in [4.69, 9.17) is 8.94 Å². The average molecular weight is 347 g/mol. The van der Waals surface area contributed by atoms with E-state index in [9.17, 15) is 4.79 Å². The summed E-state index contributed by atoms with van der Waals surface area (Å²) in [7, 11) is 3.95. The summed E-state index contributed by atoms with van der Waals surface area (Å²) in [5.74, 6) is 0.850. The predicted molar refractivity (Wildman–Crippen MR) is 91.9 cm³/mol. The van der Waals surface area contributed by atoms with E-state index in [1.165, 1.54) is 0 Å². The molecule has 1 aliphatic rings. The van der Waals surface area contributed by atoms with Crippen LogP contribution in [0.15, 0.2) is 39.7 Å². The molecule has 1 atom stereocenters. The van der Waals surface area contributed by atoms with E-state index < -0.39 is 0 Å². The van der Waals surface area contributed by atoms with E-state index in [-0.39, 0.29) is 12.1 Å². The number of furan rings is 1. The molecule has 0 radical (unpaired) electrons. The molecule has 1 N–H and O–H groups in total. The first-order valence-corrected chi connectivity index (χ1v) is 8.47. The zero-order valence-electron chi connectivity index (χ0n) is 14.7. The number of nitrogens with one attached hydrogen (secondary N) is 1. The van der Waals surface area contributed by atoms with E-state index in [0.29, 0.717) is 19.6 Å². The highest BCUT2D eigenvalue weighted by molar-refractivity contribution is 5.74. The fourth-order valence-corrected chi connectivity index (χ4v) is 2.97. The Morgan fingerprint density at radius 3 is 2.68 bits per heavy atom. The molecule has 0 unspecified atom stereocenters. The third kappa shape index (κ3) is 4.61. The fourth-order valence-electron chi connectivity index (χ4n) is 2.97. The summed E-state index contributed by atoms with van der Waals surface area (Å²) >= 11 is 0. The van der Waals surface area contributed by atoms with Crippen LogP contribution in [0, 0.1) is 0 Å². The molecule has 1 fully saturated rings. The van der Waals surface area contributed by atoms with Gasteiger partial charge in [0.25, 0.3) is 0 Å². The minimum absolute atomic E-state index is 0.0207. The van der Waals surface area contributed by atoms with Crippen LogP contribution in [0.1, 0.15) is 17.5 Å². The summed E-state index contributed by atoms with van der Waals surface area (Å²) in [5.41, 5.74) is 0.921. The number of aromatic nitrogens is 1. The number of likely N-dealkylation sites (N-methyl/N-ethyl adjacent to an activating group) is 1. The summed E-state index contributed by atoms with van der Waals surface area (Å²) in [4.78, 5) is 18.6. The van der Waals surface area contributed by atoms with Crippen LogP contribution in [0.3, 0.4) is 0 Å². The normalized spacial score (nSPS) is 17.0. The van der Waals surface area contributed by atoms with Crippen molar-refractivity contribution in [2.24, 2.45) is 0 Å². The molecule has 0 spiro atoms. The lowest BCUT2D eigenvalue weighted by Crippen LogP contribution is -2.52. The maximum atomic E-state index is 12.4. The highest BCUT2D eigenvalue weighted by Gasteiger charge is 2.23. The number of piperazine rings is 1. The predicted octanol–water partition coefficient (Wildman–Crippen LogP) is 1.40. The van der Waals surface area contributed by atoms with E-state index in [0.717, 1.165) is 31.1 Å². The summed E-state index contributed by atoms with van der Waals surface area (Å²) in [5, 5.41) is 6.95. The second-order valence-corrected chi connectivity index (χ2v) is 6.43. The van der Waals surface area contributed by atoms with E-state index >= 15 is 0 Å². The van der Waals surface area contributed by atoms with Gasteiger partial charge in [-0.25, -0.2) is 4.79 Å². The third-order valence-corrected chi connectivity index (χ3v) is 4.48. The topological polar surface area (TPSA) is 78.0 Å². The fraction of sp³-hybridized carbons (Fsp3) is 0.529. The first-order valence-electron chi connectivity index (χ1n) is 8.47. The third-order valence-electron chi connectivity index (χ3n) is 4.48. The van der Waals surface area contributed by atoms with Crippen molar-refractivity contribution in [2.75, 3.05) is 46.8 Å². The van der Waals surface area contributed by atoms with Crippen LogP contribution in [0.4, 0.5) is 4.79 Å². The Morgan fingerprint density at radius 2 is 2.08 bits per heavy atom. The zero-order valence-corrected chi connectivity index (χ0v) is 14.7. The lowest BCUT2D eigenvalue weighted by atomic mass is 10.2. The summed E-state index contributed by atoms with van der Waals surface area (Å²) in [6, 6.07) is 5.66. The SMILES string of the molecule is CN(C)[C@H](CNC(=O)N1CCN(Cc2ccon2)CC1)c1ccco1. The Bertz CT molecular complexity index is 633. The number of carbonyl (C=O) groups excluding carboxylic acids is 1. The van der Waals surface area contributed by atoms with Gasteiger partial charge in [-0.1, -0.05) is 5.16 Å². The Balaban J connectivity index is 1.44. The zero-order chi connectivity index (χ0) is 17.6. The molecule has 3 heterocycles. The van der Waals surface area contributed by atoms with Crippen LogP contribution in [-0.2, 0) is 6.54 Å². The Labute approximate surface area is 147 Å². The maximum Gasteiger partial charge on any atom is 0.317 e. The maximum absolute atomic E-state index is 12.4. The molecular formula is C17H25N5O3. The van der Waals surface area contributed by atoms with Crippen molar-refractivity contribution < 1.29 is 13.7 Å². The number of amides is 2. The van der Waals surface area contributed by atoms with Crippen LogP contribution < -0.4 is 5.32 Å². The van der Waals surface area contributed by atoms with Crippen molar-refractivity contribution in [3.05, 3.63) is 42.2 Å². The van der Waals surface area contributed by atoms with Crippen LogP contribution in [-0.4, -0.2) is 72.7 Å². The van der Waals surface area contributed by atoms with Gasteiger partial charge < -0.3 is 19.2 Å². The molecule has 1 aliphatic heterocycles. The average Bonchev–Trinajstić information content (AvgIpc) is 3.29. The van der Waals surface area contributed by atoms with Crippen molar-refractivity contribution in [3.63, 3.8) is 0 Å². The molecule has 0 bridgehead atoms. The monoisotopic (exact) mass is 347 g/mol. The minimum atomic E-state index is -0.0282. The molecule has 0 aromatic carbocycles. The quantitative estimate of drug-likeness (QED) is 0.851. The number of carbonyl (C=O) groups is 1. The molecule has 0 aliphatic carbocycles. The van der Waals surface area contributed by atoms with E-state index in [2.05, 4.69) is 15.4 Å². The lowest BCUT2D eigenvalue weighted by Gasteiger charge is -2.34. The van der Waals surface area contributed by atoms with Crippen LogP contribution >= 0.6 is 0 Å². The number of rotatable bonds is 6. The molecule has 8 nitrogen and oxygen atoms in total. The second-order valence-electron chi connectivity index (χ2n) is 6.43. The van der Waals surface area contributed by atoms with Crippen molar-refractivity contribution in [1.82, 2.24) is 25.2 Å². The van der Waals surface area contributed by atoms with E-state index in [1.54, 1.807) is 12.5 Å². The highest BCUT2D eigenvalue weighted by Crippen LogP contribution is 2.17. The van der Waals surface area contributed by atoms with Gasteiger partial charge >= 0.3 is 6.03 Å². The van der Waals surface area contributed by atoms with Gasteiger partial charge in [0.1, 0.15) is 12.0 Å². The molecule has 2 aromatic rings. The van der Waals surface area contributed by atoms with Gasteiger partial charge in [0, 0.05) is 45.3 Å². The molecule has 1 saturated heterocycles. The lowest BCUT2D eigenvalue weighted by molar-refractivity contribution is 0.131. The number of nitrogens with zero attached hydrogens (tertiary/aromatic N) is 4. The van der Waals surface area contributed by atoms with Gasteiger partial charge in [-0.05, 0) is 26.2 Å². The van der Waals surface area contributed by atoms with Crippen LogP contribution in [0.2, 0.25) is 0 Å². The molecule has 25 heavy (non-hydrogen) atoms. The number of hydrogen-bond donors (Lipinski definition) is 1. The molecule has 0 saturated carbocycles. The van der Waals surface area contributed by atoms with Crippen molar-refractivity contribution in [1.29, 1.82) is 0 Å². The molecule has 8 heteroatoms. The highest BCUT2D eigenvalue weighted by atomic mass is 16.5. The van der Waals surface area contributed by atoms with Crippen LogP contribution in [0.5, 0.6) is 0 Å². The molecule has 2 amide bonds. The Hall–Kier alpha value is -2.32. The summed E-state index contributed by atoms with van der Waals surface area (Å²) < 4.78 is 10.3. The van der Waals surface area contributed by atoms with Gasteiger partial charge in [0.2, 0.25) is 0 Å². The Kier molecular flexibility index (Phi) is 5.72. The van der Waals surface area contributed by atoms with Gasteiger partial charge in [-0.15, -0.1) is 0 Å². The second kappa shape index (κ2) is 8.17. The van der Waals surface area contributed by atoms with Gasteiger partial charge in [-0.2, -0.15) is 0 Å².